The molecule has 9 nitrogen and oxygen atoms in total. The van der Waals surface area contributed by atoms with E-state index in [4.69, 9.17) is 0 Å². The van der Waals surface area contributed by atoms with Crippen LogP contribution in [0.25, 0.3) is 21.5 Å². The van der Waals surface area contributed by atoms with Gasteiger partial charge in [-0.25, -0.2) is 15.6 Å². The van der Waals surface area contributed by atoms with Gasteiger partial charge in [0, 0.05) is 10.8 Å². The van der Waals surface area contributed by atoms with E-state index in [2.05, 4.69) is 10.9 Å². The smallest absolute Gasteiger partial charge is 0.267 e. The fraction of sp³-hybridized carbons (Fsp3) is 0. The Hall–Kier alpha value is -5.05. The summed E-state index contributed by atoms with van der Waals surface area (Å²) in [7, 11) is 0. The molecule has 2 N–H and O–H groups in total. The number of urea groups is 1. The quantitative estimate of drug-likeness (QED) is 0.456. The highest BCUT2D eigenvalue weighted by atomic mass is 16.2. The van der Waals surface area contributed by atoms with Crippen molar-refractivity contribution in [3.05, 3.63) is 95.1 Å². The van der Waals surface area contributed by atoms with Crippen LogP contribution >= 0.6 is 0 Å². The third kappa shape index (κ3) is 2.64. The summed E-state index contributed by atoms with van der Waals surface area (Å²) >= 11 is 0. The Kier molecular flexibility index (Phi) is 4.03. The second kappa shape index (κ2) is 6.97. The van der Waals surface area contributed by atoms with Gasteiger partial charge in [0.15, 0.2) is 0 Å². The van der Waals surface area contributed by atoms with E-state index in [-0.39, 0.29) is 22.3 Å². The van der Waals surface area contributed by atoms with E-state index in [0.717, 1.165) is 10.8 Å². The van der Waals surface area contributed by atoms with Crippen molar-refractivity contribution in [2.24, 2.45) is 0 Å². The number of imide groups is 2. The predicted octanol–water partition coefficient (Wildman–Crippen LogP) is 3.01. The Morgan fingerprint density at radius 3 is 1.09 bits per heavy atom. The maximum atomic E-state index is 13.0. The summed E-state index contributed by atoms with van der Waals surface area (Å²) < 4.78 is 0. The second-order valence-corrected chi connectivity index (χ2v) is 7.86. The number of nitrogens with one attached hydrogen (secondary N) is 2. The summed E-state index contributed by atoms with van der Waals surface area (Å²) in [5.41, 5.74) is 5.35. The van der Waals surface area contributed by atoms with Gasteiger partial charge in [0.25, 0.3) is 23.6 Å². The van der Waals surface area contributed by atoms with E-state index in [0.29, 0.717) is 20.8 Å². The second-order valence-electron chi connectivity index (χ2n) is 7.86. The maximum Gasteiger partial charge on any atom is 0.353 e. The molecule has 34 heavy (non-hydrogen) atoms. The molecule has 0 spiro atoms. The summed E-state index contributed by atoms with van der Waals surface area (Å²) in [6.45, 7) is 0. The first-order valence-corrected chi connectivity index (χ1v) is 10.3. The first-order chi connectivity index (χ1) is 16.5. The molecule has 0 fully saturated rings. The van der Waals surface area contributed by atoms with Gasteiger partial charge in [-0.15, -0.1) is 0 Å². The molecule has 0 bridgehead atoms. The molecule has 0 aliphatic carbocycles. The van der Waals surface area contributed by atoms with Crippen molar-refractivity contribution in [3.63, 3.8) is 0 Å². The number of amides is 6. The third-order valence-corrected chi connectivity index (χ3v) is 5.97. The molecular weight excluding hydrogens is 436 g/mol. The lowest BCUT2D eigenvalue weighted by Crippen LogP contribution is -2.60. The molecule has 164 valence electrons. The predicted molar refractivity (Wildman–Crippen MR) is 121 cm³/mol. The maximum absolute atomic E-state index is 13.0. The molecule has 0 saturated heterocycles. The van der Waals surface area contributed by atoms with Crippen molar-refractivity contribution >= 4 is 51.2 Å². The molecule has 0 atom stereocenters. The molecule has 0 unspecified atom stereocenters. The summed E-state index contributed by atoms with van der Waals surface area (Å²) in [6.07, 6.45) is 0. The molecule has 2 heterocycles. The third-order valence-electron chi connectivity index (χ3n) is 5.97. The average Bonchev–Trinajstić information content (AvgIpc) is 2.86. The van der Waals surface area contributed by atoms with Crippen LogP contribution in [0.5, 0.6) is 0 Å². The van der Waals surface area contributed by atoms with E-state index in [1.807, 2.05) is 0 Å². The van der Waals surface area contributed by atoms with Crippen LogP contribution in [0.4, 0.5) is 4.79 Å². The van der Waals surface area contributed by atoms with Crippen LogP contribution in [0.1, 0.15) is 41.4 Å². The van der Waals surface area contributed by atoms with Crippen molar-refractivity contribution in [1.29, 1.82) is 0 Å². The van der Waals surface area contributed by atoms with Crippen molar-refractivity contribution < 1.29 is 24.0 Å². The van der Waals surface area contributed by atoms with Gasteiger partial charge >= 0.3 is 6.03 Å². The number of benzene rings is 4. The van der Waals surface area contributed by atoms with Gasteiger partial charge in [-0.1, -0.05) is 48.5 Å². The largest absolute Gasteiger partial charge is 0.353 e. The standard InChI is InChI=1S/C25H14N4O5/c30-21-15-9-1-5-13-6-2-10-16(19(13)15)22(31)28(21)26-25(34)27-29-23(32)17-11-3-7-14-8-4-12-18(20(14)17)24(29)33/h1-12H,(H2,26,27,34). The molecule has 0 radical (unpaired) electrons. The summed E-state index contributed by atoms with van der Waals surface area (Å²) in [5, 5.41) is 3.59. The number of carbonyl (C=O) groups is 5. The van der Waals surface area contributed by atoms with Crippen molar-refractivity contribution in [2.45, 2.75) is 0 Å². The number of nitrogens with zero attached hydrogens (tertiary/aromatic N) is 2. The Balaban J connectivity index is 1.29. The lowest BCUT2D eigenvalue weighted by atomic mass is 9.95. The van der Waals surface area contributed by atoms with Gasteiger partial charge in [0.05, 0.1) is 22.3 Å². The number of hydrogen-bond donors (Lipinski definition) is 2. The average molecular weight is 450 g/mol. The Labute approximate surface area is 191 Å². The van der Waals surface area contributed by atoms with Gasteiger partial charge < -0.3 is 0 Å². The van der Waals surface area contributed by atoms with E-state index in [1.165, 1.54) is 0 Å². The molecule has 0 saturated carbocycles. The first-order valence-electron chi connectivity index (χ1n) is 10.3. The number of carbonyl (C=O) groups excluding carboxylic acids is 5. The fourth-order valence-electron chi connectivity index (χ4n) is 4.49. The van der Waals surface area contributed by atoms with E-state index in [9.17, 15) is 24.0 Å². The molecule has 6 amide bonds. The monoisotopic (exact) mass is 450 g/mol. The molecular formula is C25H14N4O5. The van der Waals surface area contributed by atoms with Crippen LogP contribution in [-0.4, -0.2) is 39.7 Å². The van der Waals surface area contributed by atoms with E-state index >= 15 is 0 Å². The Morgan fingerprint density at radius 1 is 0.500 bits per heavy atom. The minimum Gasteiger partial charge on any atom is -0.267 e. The Morgan fingerprint density at radius 2 is 0.794 bits per heavy atom. The molecule has 4 aromatic carbocycles. The molecule has 2 aliphatic heterocycles. The van der Waals surface area contributed by atoms with E-state index < -0.39 is 29.7 Å². The van der Waals surface area contributed by atoms with Crippen LogP contribution in [0.3, 0.4) is 0 Å². The summed E-state index contributed by atoms with van der Waals surface area (Å²) in [5.74, 6) is -2.90. The van der Waals surface area contributed by atoms with Gasteiger partial charge in [-0.05, 0) is 35.0 Å². The van der Waals surface area contributed by atoms with Crippen LogP contribution in [-0.2, 0) is 0 Å². The molecule has 0 aromatic heterocycles. The van der Waals surface area contributed by atoms with Gasteiger partial charge in [0.2, 0.25) is 0 Å². The molecule has 9 heteroatoms. The van der Waals surface area contributed by atoms with Gasteiger partial charge in [-0.2, -0.15) is 10.0 Å². The van der Waals surface area contributed by atoms with Crippen molar-refractivity contribution in [2.75, 3.05) is 0 Å². The molecule has 4 aromatic rings. The lowest BCUT2D eigenvalue weighted by Gasteiger charge is -2.30. The molecule has 6 rings (SSSR count). The highest BCUT2D eigenvalue weighted by molar-refractivity contribution is 6.27. The van der Waals surface area contributed by atoms with E-state index in [1.54, 1.807) is 72.8 Å². The van der Waals surface area contributed by atoms with Crippen LogP contribution < -0.4 is 10.9 Å². The topological polar surface area (TPSA) is 116 Å². The summed E-state index contributed by atoms with van der Waals surface area (Å²) in [6, 6.07) is 19.0. The van der Waals surface area contributed by atoms with Crippen molar-refractivity contribution in [3.8, 4) is 0 Å². The minimum atomic E-state index is -1.10. The first kappa shape index (κ1) is 19.6. The summed E-state index contributed by atoms with van der Waals surface area (Å²) in [4.78, 5) is 64.7. The minimum absolute atomic E-state index is 0.249. The SMILES string of the molecule is O=C(NN1C(=O)c2cccc3cccc(c23)C1=O)NN1C(=O)c2cccc3cccc(c23)C1=O. The van der Waals surface area contributed by atoms with Crippen LogP contribution in [0.2, 0.25) is 0 Å². The number of hydrogen-bond acceptors (Lipinski definition) is 5. The zero-order chi connectivity index (χ0) is 23.6. The normalized spacial score (nSPS) is 14.7. The van der Waals surface area contributed by atoms with Gasteiger partial charge in [0.1, 0.15) is 0 Å². The van der Waals surface area contributed by atoms with Gasteiger partial charge in [-0.3, -0.25) is 19.2 Å². The fourth-order valence-corrected chi connectivity index (χ4v) is 4.49. The zero-order valence-electron chi connectivity index (χ0n) is 17.4. The highest BCUT2D eigenvalue weighted by Gasteiger charge is 2.37. The zero-order valence-corrected chi connectivity index (χ0v) is 17.4. The highest BCUT2D eigenvalue weighted by Crippen LogP contribution is 2.30. The Bertz CT molecular complexity index is 1410. The van der Waals surface area contributed by atoms with Crippen molar-refractivity contribution in [1.82, 2.24) is 20.9 Å². The molecule has 2 aliphatic rings. The van der Waals surface area contributed by atoms with Crippen LogP contribution in [0, 0.1) is 0 Å². The van der Waals surface area contributed by atoms with Crippen LogP contribution in [0.15, 0.2) is 72.8 Å². The number of hydrazine groups is 2. The lowest BCUT2D eigenvalue weighted by molar-refractivity contribution is 0.0496. The number of rotatable bonds is 2.